The van der Waals surface area contributed by atoms with Crippen molar-refractivity contribution < 1.29 is 22.7 Å². The van der Waals surface area contributed by atoms with Crippen molar-refractivity contribution >= 4 is 5.91 Å². The van der Waals surface area contributed by atoms with E-state index in [1.807, 2.05) is 0 Å². The summed E-state index contributed by atoms with van der Waals surface area (Å²) in [4.78, 5) is 16.5. The Kier molecular flexibility index (Phi) is 5.28. The Hall–Kier alpha value is -3.07. The number of aryl methyl sites for hydroxylation is 2. The molecule has 2 aliphatic rings. The molecule has 1 saturated heterocycles. The zero-order valence-corrected chi connectivity index (χ0v) is 17.7. The molecule has 1 amide bonds. The van der Waals surface area contributed by atoms with Crippen molar-refractivity contribution in [3.63, 3.8) is 0 Å². The second-order valence-corrected chi connectivity index (χ2v) is 8.32. The van der Waals surface area contributed by atoms with E-state index < -0.39 is 12.5 Å². The summed E-state index contributed by atoms with van der Waals surface area (Å²) >= 11 is 0. The Bertz CT molecular complexity index is 1130. The van der Waals surface area contributed by atoms with Gasteiger partial charge in [0.15, 0.2) is 5.76 Å². The minimum absolute atomic E-state index is 0.0342. The third-order valence-corrected chi connectivity index (χ3v) is 6.04. The minimum atomic E-state index is -3.16. The number of carbonyl (C=O) groups excluding carboxylic acids is 1. The molecular formula is C23H24F2N4O3. The predicted molar refractivity (Wildman–Crippen MR) is 112 cm³/mol. The van der Waals surface area contributed by atoms with Crippen LogP contribution in [0.2, 0.25) is 0 Å². The average molecular weight is 442 g/mol. The molecule has 1 aliphatic carbocycles. The van der Waals surface area contributed by atoms with Crippen molar-refractivity contribution in [2.75, 3.05) is 13.2 Å². The van der Waals surface area contributed by atoms with Crippen molar-refractivity contribution in [3.8, 4) is 11.3 Å². The number of nitrogens with one attached hydrogen (secondary N) is 1. The van der Waals surface area contributed by atoms with Crippen molar-refractivity contribution in [2.45, 2.75) is 51.2 Å². The first kappa shape index (κ1) is 20.8. The summed E-state index contributed by atoms with van der Waals surface area (Å²) in [6.07, 6.45) is 6.16. The molecule has 3 aromatic rings. The summed E-state index contributed by atoms with van der Waals surface area (Å²) in [6, 6.07) is 4.45. The summed E-state index contributed by atoms with van der Waals surface area (Å²) < 4.78 is 42.1. The van der Waals surface area contributed by atoms with Gasteiger partial charge in [-0.2, -0.15) is 13.9 Å². The molecule has 0 bridgehead atoms. The number of halogens is 2. The highest BCUT2D eigenvalue weighted by Gasteiger charge is 2.36. The van der Waals surface area contributed by atoms with Gasteiger partial charge >= 0.3 is 5.92 Å². The fraction of sp³-hybridized carbons (Fsp3) is 0.435. The monoisotopic (exact) mass is 442 g/mol. The zero-order valence-electron chi connectivity index (χ0n) is 17.7. The Labute approximate surface area is 183 Å². The lowest BCUT2D eigenvalue weighted by Crippen LogP contribution is -2.31. The average Bonchev–Trinajstić information content (AvgIpc) is 3.51. The largest absolute Gasteiger partial charge is 0.455 e. The SMILES string of the molecule is Cc1c(C(=O)NC[C@@H]2CCCO2)oc2c1-c1nn(CC(F)(F)c3ccccn3)cc1CC2. The number of alkyl halides is 2. The first-order valence-corrected chi connectivity index (χ1v) is 10.8. The number of fused-ring (bicyclic) bond motifs is 3. The standard InChI is InChI=1S/C23H24F2N4O3/c1-14-19-17(32-21(14)22(30)27-11-16-5-4-10-31-16)8-7-15-12-29(28-20(15)19)13-23(24,25)18-6-2-3-9-26-18/h2-3,6,9,12,16H,4-5,7-8,10-11,13H2,1H3,(H,27,30)/t16-/m0/s1. The maximum Gasteiger partial charge on any atom is 0.308 e. The van der Waals surface area contributed by atoms with Crippen LogP contribution in [0.25, 0.3) is 11.3 Å². The topological polar surface area (TPSA) is 82.2 Å². The van der Waals surface area contributed by atoms with Crippen LogP contribution in [0.3, 0.4) is 0 Å². The minimum Gasteiger partial charge on any atom is -0.455 e. The van der Waals surface area contributed by atoms with Gasteiger partial charge in [0.2, 0.25) is 0 Å². The van der Waals surface area contributed by atoms with Gasteiger partial charge in [0.25, 0.3) is 5.91 Å². The maximum atomic E-state index is 14.7. The molecule has 3 aromatic heterocycles. The molecule has 0 spiro atoms. The number of nitrogens with zero attached hydrogens (tertiary/aromatic N) is 3. The Morgan fingerprint density at radius 3 is 2.97 bits per heavy atom. The number of hydrogen-bond acceptors (Lipinski definition) is 5. The third kappa shape index (κ3) is 3.81. The normalized spacial score (nSPS) is 17.8. The lowest BCUT2D eigenvalue weighted by atomic mass is 9.93. The Morgan fingerprint density at radius 2 is 2.22 bits per heavy atom. The van der Waals surface area contributed by atoms with Crippen molar-refractivity contribution in [1.29, 1.82) is 0 Å². The highest BCUT2D eigenvalue weighted by atomic mass is 19.3. The first-order chi connectivity index (χ1) is 15.4. The number of furan rings is 1. The first-order valence-electron chi connectivity index (χ1n) is 10.8. The zero-order chi connectivity index (χ0) is 22.3. The van der Waals surface area contributed by atoms with Crippen LogP contribution in [0.4, 0.5) is 8.78 Å². The van der Waals surface area contributed by atoms with Crippen LogP contribution in [0.5, 0.6) is 0 Å². The number of pyridine rings is 1. The van der Waals surface area contributed by atoms with Crippen LogP contribution in [0.15, 0.2) is 35.0 Å². The highest BCUT2D eigenvalue weighted by molar-refractivity contribution is 5.95. The van der Waals surface area contributed by atoms with E-state index in [1.54, 1.807) is 19.2 Å². The number of carbonyl (C=O) groups is 1. The summed E-state index contributed by atoms with van der Waals surface area (Å²) in [7, 11) is 0. The van der Waals surface area contributed by atoms with Crippen LogP contribution in [-0.4, -0.2) is 39.9 Å². The predicted octanol–water partition coefficient (Wildman–Crippen LogP) is 3.65. The Balaban J connectivity index is 1.38. The fourth-order valence-electron chi connectivity index (χ4n) is 4.42. The molecule has 32 heavy (non-hydrogen) atoms. The van der Waals surface area contributed by atoms with Gasteiger partial charge in [0.1, 0.15) is 18.0 Å². The lowest BCUT2D eigenvalue weighted by molar-refractivity contribution is -0.0296. The molecule has 7 nitrogen and oxygen atoms in total. The van der Waals surface area contributed by atoms with E-state index in [1.165, 1.54) is 23.0 Å². The van der Waals surface area contributed by atoms with E-state index in [-0.39, 0.29) is 23.5 Å². The molecule has 1 aliphatic heterocycles. The van der Waals surface area contributed by atoms with Crippen LogP contribution in [0, 0.1) is 6.92 Å². The van der Waals surface area contributed by atoms with Crippen LogP contribution >= 0.6 is 0 Å². The van der Waals surface area contributed by atoms with Gasteiger partial charge in [-0.25, -0.2) is 0 Å². The van der Waals surface area contributed by atoms with E-state index >= 15 is 0 Å². The molecule has 5 rings (SSSR count). The number of hydrogen-bond donors (Lipinski definition) is 1. The number of ether oxygens (including phenoxy) is 1. The van der Waals surface area contributed by atoms with Crippen LogP contribution < -0.4 is 5.32 Å². The molecule has 9 heteroatoms. The third-order valence-electron chi connectivity index (χ3n) is 6.04. The molecule has 0 aromatic carbocycles. The van der Waals surface area contributed by atoms with Gasteiger partial charge in [0.05, 0.1) is 11.8 Å². The molecule has 0 unspecified atom stereocenters. The van der Waals surface area contributed by atoms with E-state index in [4.69, 9.17) is 9.15 Å². The molecule has 1 atom stereocenters. The van der Waals surface area contributed by atoms with Gasteiger partial charge in [0, 0.05) is 43.1 Å². The second kappa shape index (κ2) is 8.12. The lowest BCUT2D eigenvalue weighted by Gasteiger charge is -2.15. The van der Waals surface area contributed by atoms with Gasteiger partial charge in [-0.05, 0) is 43.9 Å². The molecular weight excluding hydrogens is 418 g/mol. The number of rotatable bonds is 6. The summed E-state index contributed by atoms with van der Waals surface area (Å²) in [5.74, 6) is -2.54. The molecule has 1 N–H and O–H groups in total. The quantitative estimate of drug-likeness (QED) is 0.630. The van der Waals surface area contributed by atoms with Crippen molar-refractivity contribution in [3.05, 3.63) is 58.9 Å². The molecule has 4 heterocycles. The Morgan fingerprint density at radius 1 is 1.34 bits per heavy atom. The van der Waals surface area contributed by atoms with Gasteiger partial charge in [-0.3, -0.25) is 14.5 Å². The molecule has 168 valence electrons. The van der Waals surface area contributed by atoms with Crippen molar-refractivity contribution in [1.82, 2.24) is 20.1 Å². The van der Waals surface area contributed by atoms with E-state index in [0.717, 1.165) is 30.6 Å². The summed E-state index contributed by atoms with van der Waals surface area (Å²) in [6.45, 7) is 2.35. The smallest absolute Gasteiger partial charge is 0.308 e. The molecule has 1 fully saturated rings. The summed E-state index contributed by atoms with van der Waals surface area (Å²) in [5.41, 5.74) is 2.58. The van der Waals surface area contributed by atoms with E-state index in [9.17, 15) is 13.6 Å². The van der Waals surface area contributed by atoms with Crippen molar-refractivity contribution in [2.24, 2.45) is 0 Å². The van der Waals surface area contributed by atoms with Gasteiger partial charge < -0.3 is 14.5 Å². The van der Waals surface area contributed by atoms with E-state index in [0.29, 0.717) is 36.4 Å². The van der Waals surface area contributed by atoms with Crippen LogP contribution in [0.1, 0.15) is 46.0 Å². The van der Waals surface area contributed by atoms with Gasteiger partial charge in [-0.15, -0.1) is 0 Å². The van der Waals surface area contributed by atoms with E-state index in [2.05, 4.69) is 15.4 Å². The van der Waals surface area contributed by atoms with Gasteiger partial charge in [-0.1, -0.05) is 6.07 Å². The fourth-order valence-corrected chi connectivity index (χ4v) is 4.42. The summed E-state index contributed by atoms with van der Waals surface area (Å²) in [5, 5.41) is 7.32. The highest BCUT2D eigenvalue weighted by Crippen LogP contribution is 2.39. The molecule has 0 saturated carbocycles. The number of amides is 1. The number of aromatic nitrogens is 3. The molecule has 0 radical (unpaired) electrons. The van der Waals surface area contributed by atoms with Crippen LogP contribution in [-0.2, 0) is 30.0 Å². The second-order valence-electron chi connectivity index (χ2n) is 8.32. The maximum absolute atomic E-state index is 14.7.